The number of hydrogen-bond donors (Lipinski definition) is 0. The zero-order valence-electron chi connectivity index (χ0n) is 27.0. The van der Waals surface area contributed by atoms with Gasteiger partial charge in [0.1, 0.15) is 12.2 Å². The average molecular weight is 683 g/mol. The van der Waals surface area contributed by atoms with Crippen LogP contribution < -0.4 is 0 Å². The Morgan fingerprint density at radius 1 is 0.714 bits per heavy atom. The molecule has 3 fully saturated rings. The number of aryl methyl sites for hydroxylation is 1. The molecule has 0 unspecified atom stereocenters. The fraction of sp³-hybridized carbons (Fsp3) is 0.316. The average Bonchev–Trinajstić information content (AvgIpc) is 3.47. The van der Waals surface area contributed by atoms with Crippen LogP contribution in [-0.4, -0.2) is 79.9 Å². The molecular weight excluding hydrogens is 644 g/mol. The van der Waals surface area contributed by atoms with E-state index in [0.717, 1.165) is 21.0 Å². The highest BCUT2D eigenvalue weighted by atomic mass is 32.2. The lowest BCUT2D eigenvalue weighted by molar-refractivity contribution is -0.278. The van der Waals surface area contributed by atoms with Crippen molar-refractivity contribution in [3.05, 3.63) is 138 Å². The highest BCUT2D eigenvalue weighted by Gasteiger charge is 2.58. The van der Waals surface area contributed by atoms with Crippen molar-refractivity contribution in [1.82, 2.24) is 9.21 Å². The molecule has 3 saturated heterocycles. The number of fused-ring (bicyclic) bond motifs is 3. The van der Waals surface area contributed by atoms with E-state index in [0.29, 0.717) is 5.56 Å². The zero-order valence-corrected chi connectivity index (χ0v) is 27.9. The van der Waals surface area contributed by atoms with Gasteiger partial charge >= 0.3 is 0 Å². The van der Waals surface area contributed by atoms with E-state index in [-0.39, 0.29) is 36.9 Å². The third kappa shape index (κ3) is 6.96. The molecule has 0 spiro atoms. The van der Waals surface area contributed by atoms with Gasteiger partial charge in [-0.05, 0) is 19.1 Å². The molecular formula is C38H38N2O8S. The molecule has 11 heteroatoms. The van der Waals surface area contributed by atoms with Gasteiger partial charge in [0, 0.05) is 29.7 Å². The molecule has 3 aliphatic rings. The van der Waals surface area contributed by atoms with Crippen LogP contribution in [0.25, 0.3) is 0 Å². The molecule has 3 aliphatic heterocycles. The fourth-order valence-electron chi connectivity index (χ4n) is 6.73. The normalized spacial score (nSPS) is 25.1. The third-order valence-corrected chi connectivity index (χ3v) is 11.1. The number of nitrogens with zero attached hydrogens (tertiary/aromatic N) is 2. The minimum atomic E-state index is -4.16. The van der Waals surface area contributed by atoms with Crippen molar-refractivity contribution >= 4 is 21.7 Å². The first-order valence-corrected chi connectivity index (χ1v) is 17.8. The van der Waals surface area contributed by atoms with Gasteiger partial charge in [-0.15, -0.1) is 0 Å². The number of ketones is 1. The lowest BCUT2D eigenvalue weighted by atomic mass is 10.0. The Morgan fingerprint density at radius 3 is 1.71 bits per heavy atom. The van der Waals surface area contributed by atoms with Crippen LogP contribution in [0, 0.1) is 6.92 Å². The Bertz CT molecular complexity index is 1790. The number of sulfonamides is 1. The summed E-state index contributed by atoms with van der Waals surface area (Å²) < 4.78 is 54.6. The SMILES string of the molecule is Cc1ccc(S(=O)(=O)N(CCC(=O)c2ccccc2)CC(=O)N2[C@@H]3CO[C@H](c4ccccc4)O[C@@H]3[C@H]3O[C@@H](c4ccccc4)OC[C@H]32)cc1. The highest BCUT2D eigenvalue weighted by molar-refractivity contribution is 7.89. The quantitative estimate of drug-likeness (QED) is 0.214. The maximum Gasteiger partial charge on any atom is 0.243 e. The lowest BCUT2D eigenvalue weighted by Crippen LogP contribution is -2.53. The summed E-state index contributed by atoms with van der Waals surface area (Å²) >= 11 is 0. The molecule has 3 heterocycles. The van der Waals surface area contributed by atoms with Crippen LogP contribution in [-0.2, 0) is 33.8 Å². The monoisotopic (exact) mass is 682 g/mol. The summed E-state index contributed by atoms with van der Waals surface area (Å²) in [6.45, 7) is 1.50. The number of rotatable bonds is 10. The van der Waals surface area contributed by atoms with E-state index in [1.54, 1.807) is 41.3 Å². The molecule has 4 aromatic rings. The van der Waals surface area contributed by atoms with Crippen LogP contribution in [0.5, 0.6) is 0 Å². The van der Waals surface area contributed by atoms with Crippen molar-refractivity contribution in [1.29, 1.82) is 0 Å². The van der Waals surface area contributed by atoms with Crippen molar-refractivity contribution in [3.8, 4) is 0 Å². The van der Waals surface area contributed by atoms with E-state index in [1.165, 1.54) is 12.1 Å². The molecule has 0 aromatic heterocycles. The number of likely N-dealkylation sites (tertiary alicyclic amines) is 1. The minimum absolute atomic E-state index is 0.0420. The first-order chi connectivity index (χ1) is 23.8. The number of Topliss-reactive ketones (excluding diaryl/α,β-unsaturated/α-hetero) is 1. The molecule has 10 nitrogen and oxygen atoms in total. The topological polar surface area (TPSA) is 112 Å². The van der Waals surface area contributed by atoms with Gasteiger partial charge in [-0.2, -0.15) is 4.31 Å². The van der Waals surface area contributed by atoms with E-state index in [1.807, 2.05) is 73.7 Å². The molecule has 7 rings (SSSR count). The predicted molar refractivity (Wildman–Crippen MR) is 180 cm³/mol. The third-order valence-electron chi connectivity index (χ3n) is 9.28. The summed E-state index contributed by atoms with van der Waals surface area (Å²) in [5.41, 5.74) is 3.05. The van der Waals surface area contributed by atoms with E-state index < -0.39 is 59.3 Å². The first-order valence-electron chi connectivity index (χ1n) is 16.4. The minimum Gasteiger partial charge on any atom is -0.346 e. The number of benzene rings is 4. The summed E-state index contributed by atoms with van der Waals surface area (Å²) in [6.07, 6.45) is -2.56. The molecule has 0 aliphatic carbocycles. The molecule has 0 N–H and O–H groups in total. The van der Waals surface area contributed by atoms with Crippen LogP contribution in [0.15, 0.2) is 120 Å². The van der Waals surface area contributed by atoms with Gasteiger partial charge in [-0.3, -0.25) is 9.59 Å². The Balaban J connectivity index is 1.17. The summed E-state index contributed by atoms with van der Waals surface area (Å²) in [4.78, 5) is 29.2. The van der Waals surface area contributed by atoms with Gasteiger partial charge in [0.05, 0.1) is 36.7 Å². The van der Waals surface area contributed by atoms with E-state index >= 15 is 0 Å². The van der Waals surface area contributed by atoms with E-state index in [9.17, 15) is 18.0 Å². The molecule has 4 aromatic carbocycles. The Hall–Kier alpha value is -4.23. The summed E-state index contributed by atoms with van der Waals surface area (Å²) in [5, 5.41) is 0. The largest absolute Gasteiger partial charge is 0.346 e. The summed E-state index contributed by atoms with van der Waals surface area (Å²) in [5.74, 6) is -0.679. The van der Waals surface area contributed by atoms with Crippen molar-refractivity contribution < 1.29 is 37.0 Å². The van der Waals surface area contributed by atoms with Gasteiger partial charge in [0.25, 0.3) is 0 Å². The Labute approximate surface area is 286 Å². The maximum absolute atomic E-state index is 14.4. The summed E-state index contributed by atoms with van der Waals surface area (Å²) in [6, 6.07) is 33.1. The van der Waals surface area contributed by atoms with Crippen LogP contribution in [0.2, 0.25) is 0 Å². The van der Waals surface area contributed by atoms with Gasteiger partial charge in [0.2, 0.25) is 15.9 Å². The van der Waals surface area contributed by atoms with Gasteiger partial charge in [-0.1, -0.05) is 109 Å². The second kappa shape index (κ2) is 14.3. The molecule has 0 bridgehead atoms. The van der Waals surface area contributed by atoms with Crippen molar-refractivity contribution in [2.45, 2.75) is 55.1 Å². The van der Waals surface area contributed by atoms with Crippen LogP contribution in [0.4, 0.5) is 0 Å². The van der Waals surface area contributed by atoms with Gasteiger partial charge in [-0.25, -0.2) is 8.42 Å². The highest BCUT2D eigenvalue weighted by Crippen LogP contribution is 2.43. The van der Waals surface area contributed by atoms with Crippen molar-refractivity contribution in [3.63, 3.8) is 0 Å². The van der Waals surface area contributed by atoms with Crippen LogP contribution in [0.3, 0.4) is 0 Å². The number of carbonyl (C=O) groups excluding carboxylic acids is 2. The smallest absolute Gasteiger partial charge is 0.243 e. The second-order valence-corrected chi connectivity index (χ2v) is 14.4. The van der Waals surface area contributed by atoms with Crippen LogP contribution in [0.1, 0.15) is 46.0 Å². The molecule has 0 saturated carbocycles. The van der Waals surface area contributed by atoms with Crippen molar-refractivity contribution in [2.24, 2.45) is 0 Å². The van der Waals surface area contributed by atoms with E-state index in [2.05, 4.69) is 0 Å². The first kappa shape index (κ1) is 33.3. The predicted octanol–water partition coefficient (Wildman–Crippen LogP) is 5.07. The maximum atomic E-state index is 14.4. The fourth-order valence-corrected chi connectivity index (χ4v) is 8.12. The standard InChI is InChI=1S/C38H38N2O8S/c1-26-17-19-30(20-18-26)49(43,44)39(22-21-33(41)27-11-5-2-6-12-27)23-34(42)40-31-24-45-37(28-13-7-3-8-14-28)47-35(31)36-32(40)25-46-38(48-36)29-15-9-4-10-16-29/h2-20,31-32,35-38H,21-25H2,1H3/t31-,32-,35+,36+,37+,38+/m1/s1. The molecule has 49 heavy (non-hydrogen) atoms. The number of amides is 1. The van der Waals surface area contributed by atoms with Crippen LogP contribution >= 0.6 is 0 Å². The van der Waals surface area contributed by atoms with Gasteiger partial charge < -0.3 is 23.8 Å². The van der Waals surface area contributed by atoms with E-state index in [4.69, 9.17) is 18.9 Å². The second-order valence-electron chi connectivity index (χ2n) is 12.5. The summed E-state index contributed by atoms with van der Waals surface area (Å²) in [7, 11) is -4.16. The molecule has 254 valence electrons. The zero-order chi connectivity index (χ0) is 34.0. The Morgan fingerprint density at radius 2 is 1.20 bits per heavy atom. The molecule has 0 radical (unpaired) electrons. The van der Waals surface area contributed by atoms with Crippen molar-refractivity contribution in [2.75, 3.05) is 26.3 Å². The number of ether oxygens (including phenoxy) is 4. The lowest BCUT2D eigenvalue weighted by Gasteiger charge is -2.37. The number of carbonyl (C=O) groups is 2. The molecule has 6 atom stereocenters. The molecule has 1 amide bonds. The Kier molecular flexibility index (Phi) is 9.73. The van der Waals surface area contributed by atoms with Gasteiger partial charge in [0.15, 0.2) is 18.4 Å². The number of hydrogen-bond acceptors (Lipinski definition) is 8.